The van der Waals surface area contributed by atoms with Crippen LogP contribution in [0.5, 0.6) is 0 Å². The number of hydrogen-bond acceptors (Lipinski definition) is 3. The number of rotatable bonds is 2. The first-order valence-corrected chi connectivity index (χ1v) is 5.94. The van der Waals surface area contributed by atoms with Crippen LogP contribution in [0, 0.1) is 11.6 Å². The molecule has 6 nitrogen and oxygen atoms in total. The van der Waals surface area contributed by atoms with Crippen molar-refractivity contribution in [3.63, 3.8) is 0 Å². The van der Waals surface area contributed by atoms with E-state index >= 15 is 0 Å². The molecule has 0 aliphatic carbocycles. The minimum absolute atomic E-state index is 0.358. The maximum absolute atomic E-state index is 13.6. The van der Waals surface area contributed by atoms with Gasteiger partial charge in [-0.3, -0.25) is 14.2 Å². The highest BCUT2D eigenvalue weighted by atomic mass is 35.5. The van der Waals surface area contributed by atoms with Crippen molar-refractivity contribution in [2.45, 2.75) is 0 Å². The summed E-state index contributed by atoms with van der Waals surface area (Å²) in [6.07, 6.45) is 0. The number of aromatic nitrogens is 2. The predicted molar refractivity (Wildman–Crippen MR) is 71.6 cm³/mol. The second-order valence-electron chi connectivity index (χ2n) is 4.06. The number of nitrogens with zero attached hydrogens (tertiary/aromatic N) is 1. The third kappa shape index (κ3) is 2.84. The summed E-state index contributed by atoms with van der Waals surface area (Å²) in [6.45, 7) is 0. The van der Waals surface area contributed by atoms with Crippen molar-refractivity contribution in [3.8, 4) is 0 Å². The summed E-state index contributed by atoms with van der Waals surface area (Å²) in [5, 5.41) is 1.31. The molecule has 1 heterocycles. The Kier molecular flexibility index (Phi) is 3.90. The van der Waals surface area contributed by atoms with Crippen LogP contribution in [0.2, 0.25) is 5.02 Å². The van der Waals surface area contributed by atoms with Crippen LogP contribution in [0.25, 0.3) is 0 Å². The van der Waals surface area contributed by atoms with E-state index in [0.29, 0.717) is 0 Å². The first-order valence-electron chi connectivity index (χ1n) is 5.56. The summed E-state index contributed by atoms with van der Waals surface area (Å²) < 4.78 is 27.4. The number of H-pyrrole nitrogens is 1. The minimum atomic E-state index is -1.16. The Labute approximate surface area is 121 Å². The first-order chi connectivity index (χ1) is 9.81. The van der Waals surface area contributed by atoms with Crippen LogP contribution >= 0.6 is 11.6 Å². The molecule has 0 aliphatic rings. The highest BCUT2D eigenvalue weighted by Crippen LogP contribution is 2.25. The standard InChI is InChI=1S/C12H8ClF2N3O3/c1-18-8(19)4-7(17-12(18)21)11(20)16-6-3-2-5(14)9(13)10(6)15/h2-4H,1H3,(H,16,20)(H,17,21). The van der Waals surface area contributed by atoms with Crippen molar-refractivity contribution in [1.82, 2.24) is 9.55 Å². The number of hydrogen-bond donors (Lipinski definition) is 2. The zero-order chi connectivity index (χ0) is 15.7. The van der Waals surface area contributed by atoms with Crippen LogP contribution in [0.1, 0.15) is 10.5 Å². The lowest BCUT2D eigenvalue weighted by atomic mass is 10.2. The minimum Gasteiger partial charge on any atom is -0.318 e. The molecule has 9 heteroatoms. The Morgan fingerprint density at radius 1 is 1.33 bits per heavy atom. The maximum Gasteiger partial charge on any atom is 0.328 e. The van der Waals surface area contributed by atoms with E-state index in [4.69, 9.17) is 11.6 Å². The molecule has 0 fully saturated rings. The molecular weight excluding hydrogens is 308 g/mol. The van der Waals surface area contributed by atoms with E-state index < -0.39 is 33.8 Å². The first kappa shape index (κ1) is 14.9. The predicted octanol–water partition coefficient (Wildman–Crippen LogP) is 1.26. The molecule has 1 aromatic heterocycles. The number of carbonyl (C=O) groups excluding carboxylic acids is 1. The molecule has 1 amide bonds. The molecule has 2 N–H and O–H groups in total. The van der Waals surface area contributed by atoms with Gasteiger partial charge in [0.15, 0.2) is 5.82 Å². The molecule has 2 rings (SSSR count). The number of halogens is 3. The summed E-state index contributed by atoms with van der Waals surface area (Å²) in [5.74, 6) is -3.07. The highest BCUT2D eigenvalue weighted by molar-refractivity contribution is 6.31. The van der Waals surface area contributed by atoms with E-state index in [1.807, 2.05) is 0 Å². The van der Waals surface area contributed by atoms with Crippen LogP contribution < -0.4 is 16.6 Å². The quantitative estimate of drug-likeness (QED) is 0.818. The summed E-state index contributed by atoms with van der Waals surface area (Å²) >= 11 is 5.37. The lowest BCUT2D eigenvalue weighted by Gasteiger charge is -2.08. The number of nitrogens with one attached hydrogen (secondary N) is 2. The topological polar surface area (TPSA) is 84.0 Å². The normalized spacial score (nSPS) is 10.5. The zero-order valence-corrected chi connectivity index (χ0v) is 11.3. The maximum atomic E-state index is 13.6. The van der Waals surface area contributed by atoms with Gasteiger partial charge < -0.3 is 10.3 Å². The Hall–Kier alpha value is -2.48. The van der Waals surface area contributed by atoms with E-state index in [9.17, 15) is 23.2 Å². The van der Waals surface area contributed by atoms with Gasteiger partial charge in [0.1, 0.15) is 16.5 Å². The van der Waals surface area contributed by atoms with Crippen molar-refractivity contribution in [2.24, 2.45) is 7.05 Å². The molecule has 2 aromatic rings. The van der Waals surface area contributed by atoms with Crippen molar-refractivity contribution in [3.05, 3.63) is 61.4 Å². The molecule has 0 saturated carbocycles. The van der Waals surface area contributed by atoms with Crippen molar-refractivity contribution < 1.29 is 13.6 Å². The molecule has 0 atom stereocenters. The van der Waals surface area contributed by atoms with Crippen LogP contribution in [-0.2, 0) is 7.05 Å². The van der Waals surface area contributed by atoms with Crippen LogP contribution in [0.4, 0.5) is 14.5 Å². The van der Waals surface area contributed by atoms with Crippen LogP contribution in [-0.4, -0.2) is 15.5 Å². The van der Waals surface area contributed by atoms with Crippen LogP contribution in [0.3, 0.4) is 0 Å². The van der Waals surface area contributed by atoms with Gasteiger partial charge in [0.05, 0.1) is 5.69 Å². The number of benzene rings is 1. The van der Waals surface area contributed by atoms with Gasteiger partial charge >= 0.3 is 5.69 Å². The zero-order valence-electron chi connectivity index (χ0n) is 10.5. The fraction of sp³-hybridized carbons (Fsp3) is 0.0833. The van der Waals surface area contributed by atoms with E-state index in [1.165, 1.54) is 7.05 Å². The molecular formula is C12H8ClF2N3O3. The lowest BCUT2D eigenvalue weighted by Crippen LogP contribution is -2.34. The Morgan fingerprint density at radius 2 is 2.00 bits per heavy atom. The molecule has 21 heavy (non-hydrogen) atoms. The largest absolute Gasteiger partial charge is 0.328 e. The number of aromatic amines is 1. The number of amides is 1. The average molecular weight is 316 g/mol. The SMILES string of the molecule is Cn1c(=O)cc(C(=O)Nc2ccc(F)c(Cl)c2F)[nH]c1=O. The van der Waals surface area contributed by atoms with Gasteiger partial charge in [-0.05, 0) is 12.1 Å². The van der Waals surface area contributed by atoms with Gasteiger partial charge in [-0.15, -0.1) is 0 Å². The monoisotopic (exact) mass is 315 g/mol. The van der Waals surface area contributed by atoms with Gasteiger partial charge in [-0.2, -0.15) is 0 Å². The molecule has 0 spiro atoms. The molecule has 0 aliphatic heterocycles. The fourth-order valence-corrected chi connectivity index (χ4v) is 1.65. The Morgan fingerprint density at radius 3 is 2.62 bits per heavy atom. The highest BCUT2D eigenvalue weighted by Gasteiger charge is 2.16. The van der Waals surface area contributed by atoms with E-state index in [2.05, 4.69) is 10.3 Å². The van der Waals surface area contributed by atoms with Gasteiger partial charge in [0, 0.05) is 13.1 Å². The molecule has 0 bridgehead atoms. The average Bonchev–Trinajstić information content (AvgIpc) is 2.44. The third-order valence-electron chi connectivity index (χ3n) is 2.67. The third-order valence-corrected chi connectivity index (χ3v) is 3.02. The molecule has 0 unspecified atom stereocenters. The molecule has 1 aromatic carbocycles. The lowest BCUT2D eigenvalue weighted by molar-refractivity contribution is 0.102. The number of anilines is 1. The van der Waals surface area contributed by atoms with Crippen molar-refractivity contribution in [2.75, 3.05) is 5.32 Å². The summed E-state index contributed by atoms with van der Waals surface area (Å²) in [4.78, 5) is 36.8. The summed E-state index contributed by atoms with van der Waals surface area (Å²) in [7, 11) is 1.22. The molecule has 0 radical (unpaired) electrons. The van der Waals surface area contributed by atoms with E-state index in [1.54, 1.807) is 0 Å². The summed E-state index contributed by atoms with van der Waals surface area (Å²) in [5.41, 5.74) is -2.25. The smallest absolute Gasteiger partial charge is 0.318 e. The van der Waals surface area contributed by atoms with Gasteiger partial charge in [-0.1, -0.05) is 11.6 Å². The Balaban J connectivity index is 2.37. The fourth-order valence-electron chi connectivity index (χ4n) is 1.49. The second kappa shape index (κ2) is 5.49. The van der Waals surface area contributed by atoms with Gasteiger partial charge in [0.25, 0.3) is 11.5 Å². The van der Waals surface area contributed by atoms with Crippen molar-refractivity contribution in [1.29, 1.82) is 0 Å². The number of carbonyl (C=O) groups is 1. The van der Waals surface area contributed by atoms with E-state index in [0.717, 1.165) is 22.8 Å². The van der Waals surface area contributed by atoms with Gasteiger partial charge in [0.2, 0.25) is 0 Å². The molecule has 110 valence electrons. The van der Waals surface area contributed by atoms with Crippen LogP contribution in [0.15, 0.2) is 27.8 Å². The Bertz CT molecular complexity index is 813. The molecule has 0 saturated heterocycles. The van der Waals surface area contributed by atoms with Crippen molar-refractivity contribution >= 4 is 23.2 Å². The van der Waals surface area contributed by atoms with E-state index in [-0.39, 0.29) is 11.4 Å². The van der Waals surface area contributed by atoms with Gasteiger partial charge in [-0.25, -0.2) is 13.6 Å². The summed E-state index contributed by atoms with van der Waals surface area (Å²) in [6, 6.07) is 2.71. The second-order valence-corrected chi connectivity index (χ2v) is 4.44.